The molecular weight excluding hydrogens is 312 g/mol. The molecule has 0 radical (unpaired) electrons. The lowest BCUT2D eigenvalue weighted by Crippen LogP contribution is -2.48. The molecule has 1 aromatic heterocycles. The number of aromatic nitrogens is 4. The van der Waals surface area contributed by atoms with E-state index in [1.165, 1.54) is 5.56 Å². The number of benzene rings is 1. The van der Waals surface area contributed by atoms with Gasteiger partial charge in [-0.05, 0) is 35.8 Å². The molecule has 1 atom stereocenters. The normalized spacial score (nSPS) is 18.2. The van der Waals surface area contributed by atoms with Crippen molar-refractivity contribution < 1.29 is 0 Å². The number of rotatable bonds is 6. The molecule has 6 nitrogen and oxygen atoms in total. The number of hydrogen-bond donors (Lipinski definition) is 0. The van der Waals surface area contributed by atoms with Gasteiger partial charge in [0.1, 0.15) is 0 Å². The monoisotopic (exact) mass is 342 g/mol. The largest absolute Gasteiger partial charge is 0.297 e. The molecule has 1 aliphatic heterocycles. The van der Waals surface area contributed by atoms with Crippen molar-refractivity contribution in [3.8, 4) is 0 Å². The summed E-state index contributed by atoms with van der Waals surface area (Å²) in [6, 6.07) is 11.3. The van der Waals surface area contributed by atoms with Crippen LogP contribution in [0.2, 0.25) is 0 Å². The topological polar surface area (TPSA) is 50.1 Å². The van der Waals surface area contributed by atoms with E-state index < -0.39 is 0 Å². The Hall–Kier alpha value is -1.79. The van der Waals surface area contributed by atoms with E-state index >= 15 is 0 Å². The van der Waals surface area contributed by atoms with E-state index in [-0.39, 0.29) is 12.1 Å². The zero-order valence-corrected chi connectivity index (χ0v) is 15.8. The Labute approximate surface area is 150 Å². The van der Waals surface area contributed by atoms with E-state index in [0.717, 1.165) is 38.5 Å². The summed E-state index contributed by atoms with van der Waals surface area (Å²) < 4.78 is 1.97. The van der Waals surface area contributed by atoms with Crippen molar-refractivity contribution in [1.82, 2.24) is 30.0 Å². The zero-order valence-electron chi connectivity index (χ0n) is 15.8. The first-order chi connectivity index (χ1) is 12.1. The molecule has 136 valence electrons. The molecular formula is C19H30N6. The minimum absolute atomic E-state index is 0.274. The highest BCUT2D eigenvalue weighted by Crippen LogP contribution is 2.29. The summed E-state index contributed by atoms with van der Waals surface area (Å²) in [5.74, 6) is 1.48. The van der Waals surface area contributed by atoms with Crippen molar-refractivity contribution in [2.45, 2.75) is 46.3 Å². The lowest BCUT2D eigenvalue weighted by atomic mass is 10.0. The maximum atomic E-state index is 4.37. The molecule has 1 aliphatic rings. The van der Waals surface area contributed by atoms with Gasteiger partial charge in [0.15, 0.2) is 5.82 Å². The van der Waals surface area contributed by atoms with Gasteiger partial charge >= 0.3 is 0 Å². The Morgan fingerprint density at radius 2 is 1.64 bits per heavy atom. The lowest BCUT2D eigenvalue weighted by Gasteiger charge is -2.40. The van der Waals surface area contributed by atoms with Gasteiger partial charge in [0.2, 0.25) is 0 Å². The molecule has 1 aromatic carbocycles. The van der Waals surface area contributed by atoms with Crippen molar-refractivity contribution >= 4 is 0 Å². The predicted molar refractivity (Wildman–Crippen MR) is 99.1 cm³/mol. The summed E-state index contributed by atoms with van der Waals surface area (Å²) in [5, 5.41) is 12.5. The number of tetrazole rings is 1. The first kappa shape index (κ1) is 18.0. The third-order valence-electron chi connectivity index (χ3n) is 4.95. The van der Waals surface area contributed by atoms with Gasteiger partial charge in [0.05, 0.1) is 12.1 Å². The minimum atomic E-state index is 0.274. The minimum Gasteiger partial charge on any atom is -0.297 e. The van der Waals surface area contributed by atoms with Gasteiger partial charge < -0.3 is 0 Å². The lowest BCUT2D eigenvalue weighted by molar-refractivity contribution is 0.0656. The van der Waals surface area contributed by atoms with Gasteiger partial charge in [0.25, 0.3) is 0 Å². The number of nitrogens with zero attached hydrogens (tertiary/aromatic N) is 6. The van der Waals surface area contributed by atoms with Crippen LogP contribution in [0.4, 0.5) is 0 Å². The van der Waals surface area contributed by atoms with Crippen LogP contribution >= 0.6 is 0 Å². The third-order valence-corrected chi connectivity index (χ3v) is 4.95. The van der Waals surface area contributed by atoms with Gasteiger partial charge in [-0.3, -0.25) is 9.80 Å². The Morgan fingerprint density at radius 1 is 0.960 bits per heavy atom. The highest BCUT2D eigenvalue weighted by Gasteiger charge is 2.31. The molecule has 0 aliphatic carbocycles. The summed E-state index contributed by atoms with van der Waals surface area (Å²) in [6.45, 7) is 14.1. The van der Waals surface area contributed by atoms with E-state index in [0.29, 0.717) is 5.92 Å². The average Bonchev–Trinajstić information content (AvgIpc) is 3.07. The summed E-state index contributed by atoms with van der Waals surface area (Å²) in [5.41, 5.74) is 1.39. The molecule has 1 saturated heterocycles. The third kappa shape index (κ3) is 4.25. The average molecular weight is 342 g/mol. The highest BCUT2D eigenvalue weighted by atomic mass is 15.6. The molecule has 25 heavy (non-hydrogen) atoms. The molecule has 0 unspecified atom stereocenters. The second-order valence-corrected chi connectivity index (χ2v) is 7.56. The van der Waals surface area contributed by atoms with Crippen LogP contribution in [-0.4, -0.2) is 56.2 Å². The van der Waals surface area contributed by atoms with Crippen molar-refractivity contribution in [2.24, 2.45) is 5.92 Å². The molecule has 0 bridgehead atoms. The fraction of sp³-hybridized carbons (Fsp3) is 0.632. The molecule has 6 heteroatoms. The Kier molecular flexibility index (Phi) is 5.81. The van der Waals surface area contributed by atoms with Crippen LogP contribution in [0.3, 0.4) is 0 Å². The highest BCUT2D eigenvalue weighted by molar-refractivity contribution is 5.14. The molecule has 0 N–H and O–H groups in total. The molecule has 2 heterocycles. The van der Waals surface area contributed by atoms with Crippen LogP contribution in [-0.2, 0) is 6.54 Å². The molecule has 1 fully saturated rings. The Morgan fingerprint density at radius 3 is 2.24 bits per heavy atom. The summed E-state index contributed by atoms with van der Waals surface area (Å²) in [4.78, 5) is 5.09. The van der Waals surface area contributed by atoms with Gasteiger partial charge in [-0.15, -0.1) is 5.10 Å². The zero-order chi connectivity index (χ0) is 17.8. The van der Waals surface area contributed by atoms with Crippen molar-refractivity contribution in [2.75, 3.05) is 26.2 Å². The van der Waals surface area contributed by atoms with E-state index in [9.17, 15) is 0 Å². The number of piperazine rings is 1. The Bertz CT molecular complexity index is 643. The second-order valence-electron chi connectivity index (χ2n) is 7.56. The van der Waals surface area contributed by atoms with Crippen LogP contribution in [0.1, 0.15) is 51.2 Å². The van der Waals surface area contributed by atoms with Gasteiger partial charge in [-0.2, -0.15) is 0 Å². The summed E-state index contributed by atoms with van der Waals surface area (Å²) in [6.07, 6.45) is 0. The molecule has 3 rings (SSSR count). The van der Waals surface area contributed by atoms with Crippen LogP contribution in [0.25, 0.3) is 0 Å². The Balaban J connectivity index is 1.66. The molecule has 2 aromatic rings. The van der Waals surface area contributed by atoms with Crippen LogP contribution in [0.15, 0.2) is 30.3 Å². The predicted octanol–water partition coefficient (Wildman–Crippen LogP) is 2.77. The van der Waals surface area contributed by atoms with Gasteiger partial charge in [-0.1, -0.05) is 44.2 Å². The quantitative estimate of drug-likeness (QED) is 0.808. The van der Waals surface area contributed by atoms with E-state index in [4.69, 9.17) is 0 Å². The van der Waals surface area contributed by atoms with Crippen LogP contribution in [0, 0.1) is 5.92 Å². The molecule has 0 amide bonds. The standard InChI is InChI=1S/C19H30N6/c1-15(2)18(19-20-21-22-25(19)16(3)4)24-12-10-23(11-13-24)14-17-8-6-5-7-9-17/h5-9,15-16,18H,10-14H2,1-4H3/t18-/m1/s1. The SMILES string of the molecule is CC(C)[C@H](c1nnnn1C(C)C)N1CCN(Cc2ccccc2)CC1. The smallest absolute Gasteiger partial charge is 0.168 e. The van der Waals surface area contributed by atoms with Crippen molar-refractivity contribution in [1.29, 1.82) is 0 Å². The molecule has 0 saturated carbocycles. The van der Waals surface area contributed by atoms with Crippen molar-refractivity contribution in [3.63, 3.8) is 0 Å². The maximum Gasteiger partial charge on any atom is 0.168 e. The van der Waals surface area contributed by atoms with Gasteiger partial charge in [0, 0.05) is 32.7 Å². The van der Waals surface area contributed by atoms with E-state index in [1.807, 2.05) is 4.68 Å². The second kappa shape index (κ2) is 8.06. The summed E-state index contributed by atoms with van der Waals surface area (Å²) >= 11 is 0. The van der Waals surface area contributed by atoms with Gasteiger partial charge in [-0.25, -0.2) is 4.68 Å². The number of hydrogen-bond acceptors (Lipinski definition) is 5. The maximum absolute atomic E-state index is 4.37. The van der Waals surface area contributed by atoms with E-state index in [2.05, 4.69) is 83.4 Å². The van der Waals surface area contributed by atoms with Crippen LogP contribution < -0.4 is 0 Å². The first-order valence-electron chi connectivity index (χ1n) is 9.34. The van der Waals surface area contributed by atoms with E-state index in [1.54, 1.807) is 0 Å². The first-order valence-corrected chi connectivity index (χ1v) is 9.34. The summed E-state index contributed by atoms with van der Waals surface area (Å²) in [7, 11) is 0. The van der Waals surface area contributed by atoms with Crippen LogP contribution in [0.5, 0.6) is 0 Å². The van der Waals surface area contributed by atoms with Crippen molar-refractivity contribution in [3.05, 3.63) is 41.7 Å². The fourth-order valence-electron chi connectivity index (χ4n) is 3.69. The molecule has 0 spiro atoms. The fourth-order valence-corrected chi connectivity index (χ4v) is 3.69.